The maximum atomic E-state index is 8.68. The minimum atomic E-state index is -0.647. The van der Waals surface area contributed by atoms with Crippen LogP contribution in [0.1, 0.15) is 24.1 Å². The quantitative estimate of drug-likeness (QED) is 0.627. The Balaban J connectivity index is 3.03. The fourth-order valence-electron chi connectivity index (χ4n) is 1.16. The number of rotatable bonds is 2. The van der Waals surface area contributed by atoms with Crippen LogP contribution >= 0.6 is 0 Å². The molecule has 0 aromatic heterocycles. The summed E-state index contributed by atoms with van der Waals surface area (Å²) < 4.78 is 0. The Morgan fingerprint density at radius 1 is 1.62 bits per heavy atom. The topological polar surface area (TPSA) is 28.1 Å². The van der Waals surface area contributed by atoms with Crippen molar-refractivity contribution < 1.29 is 0 Å². The third kappa shape index (κ3) is 2.07. The molecular formula is C11H10N2. The fourth-order valence-corrected chi connectivity index (χ4v) is 1.16. The Morgan fingerprint density at radius 3 is 2.92 bits per heavy atom. The Bertz CT molecular complexity index is 354. The summed E-state index contributed by atoms with van der Waals surface area (Å²) in [5, 5.41) is 8.68. The lowest BCUT2D eigenvalue weighted by Crippen LogP contribution is -1.90. The molecule has 1 rings (SSSR count). The van der Waals surface area contributed by atoms with Gasteiger partial charge in [-0.2, -0.15) is 5.26 Å². The Morgan fingerprint density at radius 2 is 2.38 bits per heavy atom. The van der Waals surface area contributed by atoms with E-state index in [9.17, 15) is 0 Å². The molecule has 2 nitrogen and oxygen atoms in total. The Hall–Kier alpha value is -1.80. The van der Waals surface area contributed by atoms with Crippen LogP contribution in [0.2, 0.25) is 0 Å². The summed E-state index contributed by atoms with van der Waals surface area (Å²) in [6.45, 7) is 8.88. The number of hydrogen-bond acceptors (Lipinski definition) is 1. The molecule has 64 valence electrons. The van der Waals surface area contributed by atoms with E-state index in [1.807, 2.05) is 30.3 Å². The second kappa shape index (κ2) is 4.28. The SMILES string of the molecule is [C-]#[N+]C(C#N)c1cccc(CC)c1. The molecule has 13 heavy (non-hydrogen) atoms. The van der Waals surface area contributed by atoms with Crippen molar-refractivity contribution in [3.05, 3.63) is 46.8 Å². The largest absolute Gasteiger partial charge is 0.332 e. The van der Waals surface area contributed by atoms with E-state index in [-0.39, 0.29) is 0 Å². The molecule has 0 aliphatic rings. The summed E-state index contributed by atoms with van der Waals surface area (Å²) >= 11 is 0. The molecule has 1 unspecified atom stereocenters. The van der Waals surface area contributed by atoms with Gasteiger partial charge in [0.05, 0.1) is 0 Å². The van der Waals surface area contributed by atoms with Gasteiger partial charge in [0.25, 0.3) is 0 Å². The van der Waals surface area contributed by atoms with Crippen LogP contribution in [-0.4, -0.2) is 0 Å². The van der Waals surface area contributed by atoms with Crippen LogP contribution in [0, 0.1) is 17.9 Å². The van der Waals surface area contributed by atoms with E-state index in [2.05, 4.69) is 11.8 Å². The van der Waals surface area contributed by atoms with Crippen LogP contribution in [0.3, 0.4) is 0 Å². The Kier molecular flexibility index (Phi) is 3.06. The zero-order valence-corrected chi connectivity index (χ0v) is 7.49. The second-order valence-corrected chi connectivity index (χ2v) is 2.76. The number of hydrogen-bond donors (Lipinski definition) is 0. The molecule has 0 fully saturated rings. The summed E-state index contributed by atoms with van der Waals surface area (Å²) in [6, 6.07) is 8.96. The molecule has 1 aromatic rings. The molecule has 1 atom stereocenters. The van der Waals surface area contributed by atoms with Crippen LogP contribution in [0.15, 0.2) is 24.3 Å². The van der Waals surface area contributed by atoms with Gasteiger partial charge in [-0.3, -0.25) is 4.85 Å². The molecule has 0 aliphatic carbocycles. The molecule has 0 N–H and O–H groups in total. The zero-order chi connectivity index (χ0) is 9.68. The summed E-state index contributed by atoms with van der Waals surface area (Å²) in [5.74, 6) is 0. The van der Waals surface area contributed by atoms with Crippen LogP contribution in [-0.2, 0) is 6.42 Å². The molecular weight excluding hydrogens is 160 g/mol. The normalized spacial score (nSPS) is 11.3. The molecule has 0 spiro atoms. The molecule has 0 aliphatic heterocycles. The van der Waals surface area contributed by atoms with Crippen molar-refractivity contribution in [2.24, 2.45) is 0 Å². The number of nitrogens with zero attached hydrogens (tertiary/aromatic N) is 2. The van der Waals surface area contributed by atoms with Gasteiger partial charge in [0.1, 0.15) is 0 Å². The van der Waals surface area contributed by atoms with E-state index >= 15 is 0 Å². The van der Waals surface area contributed by atoms with E-state index in [0.29, 0.717) is 0 Å². The van der Waals surface area contributed by atoms with Crippen molar-refractivity contribution in [2.45, 2.75) is 19.4 Å². The average Bonchev–Trinajstić information content (AvgIpc) is 2.20. The van der Waals surface area contributed by atoms with E-state index < -0.39 is 6.04 Å². The first-order valence-electron chi connectivity index (χ1n) is 4.16. The van der Waals surface area contributed by atoms with Gasteiger partial charge in [0, 0.05) is 5.56 Å². The van der Waals surface area contributed by atoms with Crippen LogP contribution < -0.4 is 0 Å². The third-order valence-corrected chi connectivity index (χ3v) is 1.93. The molecule has 0 saturated heterocycles. The van der Waals surface area contributed by atoms with Gasteiger partial charge in [0.15, 0.2) is 6.07 Å². The summed E-state index contributed by atoms with van der Waals surface area (Å²) in [5.41, 5.74) is 1.97. The smallest absolute Gasteiger partial charge is 0.292 e. The number of aryl methyl sites for hydroxylation is 1. The zero-order valence-electron chi connectivity index (χ0n) is 7.49. The highest BCUT2D eigenvalue weighted by Gasteiger charge is 2.13. The highest BCUT2D eigenvalue weighted by molar-refractivity contribution is 5.31. The molecule has 0 amide bonds. The van der Waals surface area contributed by atoms with Gasteiger partial charge in [0.2, 0.25) is 0 Å². The first-order valence-corrected chi connectivity index (χ1v) is 4.16. The van der Waals surface area contributed by atoms with Gasteiger partial charge in [-0.1, -0.05) is 25.1 Å². The van der Waals surface area contributed by atoms with E-state index in [1.165, 1.54) is 5.56 Å². The van der Waals surface area contributed by atoms with Crippen molar-refractivity contribution in [1.29, 1.82) is 5.26 Å². The van der Waals surface area contributed by atoms with E-state index in [1.54, 1.807) is 0 Å². The lowest BCUT2D eigenvalue weighted by atomic mass is 10.0. The standard InChI is InChI=1S/C11H10N2/c1-3-9-5-4-6-10(7-9)11(8-12)13-2/h4-7,11H,3H2,1H3. The van der Waals surface area contributed by atoms with Crippen molar-refractivity contribution in [3.8, 4) is 6.07 Å². The van der Waals surface area contributed by atoms with Crippen LogP contribution in [0.4, 0.5) is 0 Å². The summed E-state index contributed by atoms with van der Waals surface area (Å²) in [4.78, 5) is 3.24. The van der Waals surface area contributed by atoms with E-state index in [4.69, 9.17) is 11.8 Å². The van der Waals surface area contributed by atoms with Crippen molar-refractivity contribution in [1.82, 2.24) is 0 Å². The lowest BCUT2D eigenvalue weighted by molar-refractivity contribution is 1.06. The second-order valence-electron chi connectivity index (χ2n) is 2.76. The molecule has 1 aromatic carbocycles. The van der Waals surface area contributed by atoms with Gasteiger partial charge in [-0.05, 0) is 18.1 Å². The van der Waals surface area contributed by atoms with Crippen LogP contribution in [0.5, 0.6) is 0 Å². The van der Waals surface area contributed by atoms with Gasteiger partial charge in [-0.15, -0.1) is 0 Å². The number of nitriles is 1. The highest BCUT2D eigenvalue weighted by atomic mass is 14.7. The predicted molar refractivity (Wildman–Crippen MR) is 50.8 cm³/mol. The van der Waals surface area contributed by atoms with Crippen molar-refractivity contribution in [3.63, 3.8) is 0 Å². The summed E-state index contributed by atoms with van der Waals surface area (Å²) in [6.07, 6.45) is 0.935. The average molecular weight is 170 g/mol. The lowest BCUT2D eigenvalue weighted by Gasteiger charge is -1.99. The molecule has 0 bridgehead atoms. The van der Waals surface area contributed by atoms with Crippen molar-refractivity contribution >= 4 is 0 Å². The van der Waals surface area contributed by atoms with Gasteiger partial charge in [-0.25, -0.2) is 6.57 Å². The molecule has 0 radical (unpaired) electrons. The highest BCUT2D eigenvalue weighted by Crippen LogP contribution is 2.17. The number of benzene rings is 1. The van der Waals surface area contributed by atoms with Gasteiger partial charge >= 0.3 is 6.04 Å². The third-order valence-electron chi connectivity index (χ3n) is 1.93. The van der Waals surface area contributed by atoms with Crippen molar-refractivity contribution in [2.75, 3.05) is 0 Å². The van der Waals surface area contributed by atoms with Gasteiger partial charge < -0.3 is 0 Å². The maximum Gasteiger partial charge on any atom is 0.332 e. The van der Waals surface area contributed by atoms with Crippen LogP contribution in [0.25, 0.3) is 4.85 Å². The fraction of sp³-hybridized carbons (Fsp3) is 0.273. The van der Waals surface area contributed by atoms with E-state index in [0.717, 1.165) is 12.0 Å². The minimum Gasteiger partial charge on any atom is -0.292 e. The maximum absolute atomic E-state index is 8.68. The predicted octanol–water partition coefficient (Wildman–Crippen LogP) is 2.73. The molecule has 2 heteroatoms. The molecule has 0 heterocycles. The molecule has 0 saturated carbocycles. The summed E-state index contributed by atoms with van der Waals surface area (Å²) in [7, 11) is 0. The Labute approximate surface area is 78.3 Å². The minimum absolute atomic E-state index is 0.647. The first kappa shape index (κ1) is 9.29. The monoisotopic (exact) mass is 170 g/mol. The first-order chi connectivity index (χ1) is 6.31.